The largest absolute Gasteiger partial charge is 0.412 e. The zero-order valence-electron chi connectivity index (χ0n) is 5.67. The third-order valence-electron chi connectivity index (χ3n) is 1.01. The van der Waals surface area contributed by atoms with Gasteiger partial charge in [0.25, 0.3) is 0 Å². The highest BCUT2D eigenvalue weighted by atomic mass is 35.5. The normalized spacial score (nSPS) is 7.45. The van der Waals surface area contributed by atoms with Gasteiger partial charge in [-0.25, -0.2) is 0 Å². The molecule has 0 fully saturated rings. The molecule has 5 heteroatoms. The minimum absolute atomic E-state index is 0. The average molecular weight is 197 g/mol. The molecule has 0 radical (unpaired) electrons. The Balaban J connectivity index is 0. The molecule has 0 amide bonds. The molecule has 1 aromatic rings. The SMILES string of the molecule is Cl.NNc1ccc(Cl)cc1.O. The summed E-state index contributed by atoms with van der Waals surface area (Å²) in [6.45, 7) is 0. The highest BCUT2D eigenvalue weighted by Gasteiger charge is 1.85. The highest BCUT2D eigenvalue weighted by Crippen LogP contribution is 2.11. The molecule has 0 aliphatic heterocycles. The predicted molar refractivity (Wildman–Crippen MR) is 50.1 cm³/mol. The minimum Gasteiger partial charge on any atom is -0.412 e. The Bertz CT molecular complexity index is 190. The average Bonchev–Trinajstić information content (AvgIpc) is 1.90. The number of hydrazine groups is 1. The molecule has 5 N–H and O–H groups in total. The summed E-state index contributed by atoms with van der Waals surface area (Å²) < 4.78 is 0. The lowest BCUT2D eigenvalue weighted by atomic mass is 10.3. The first-order valence-electron chi connectivity index (χ1n) is 2.55. The number of nitrogens with one attached hydrogen (secondary N) is 1. The van der Waals surface area contributed by atoms with Crippen LogP contribution >= 0.6 is 24.0 Å². The monoisotopic (exact) mass is 196 g/mol. The van der Waals surface area contributed by atoms with Crippen LogP contribution in [0.4, 0.5) is 5.69 Å². The lowest BCUT2D eigenvalue weighted by Gasteiger charge is -1.96. The Labute approximate surface area is 76.2 Å². The second-order valence-corrected chi connectivity index (χ2v) is 2.09. The van der Waals surface area contributed by atoms with Gasteiger partial charge in [0.05, 0.1) is 0 Å². The summed E-state index contributed by atoms with van der Waals surface area (Å²) in [5.74, 6) is 5.11. The van der Waals surface area contributed by atoms with Crippen molar-refractivity contribution >= 4 is 29.7 Å². The van der Waals surface area contributed by atoms with E-state index in [0.717, 1.165) is 5.69 Å². The molecule has 11 heavy (non-hydrogen) atoms. The number of benzene rings is 1. The van der Waals surface area contributed by atoms with Crippen molar-refractivity contribution in [3.8, 4) is 0 Å². The van der Waals surface area contributed by atoms with Crippen LogP contribution < -0.4 is 11.3 Å². The molecule has 0 aliphatic carbocycles. The zero-order chi connectivity index (χ0) is 6.69. The third kappa shape index (κ3) is 4.06. The zero-order valence-corrected chi connectivity index (χ0v) is 7.25. The van der Waals surface area contributed by atoms with Gasteiger partial charge in [-0.15, -0.1) is 12.4 Å². The van der Waals surface area contributed by atoms with E-state index in [-0.39, 0.29) is 17.9 Å². The van der Waals surface area contributed by atoms with Crippen LogP contribution in [0.3, 0.4) is 0 Å². The molecule has 0 saturated carbocycles. The summed E-state index contributed by atoms with van der Waals surface area (Å²) in [6, 6.07) is 7.16. The molecule has 0 aliphatic rings. The molecule has 0 heterocycles. The summed E-state index contributed by atoms with van der Waals surface area (Å²) in [7, 11) is 0. The van der Waals surface area contributed by atoms with Gasteiger partial charge < -0.3 is 10.9 Å². The number of hydrogen-bond donors (Lipinski definition) is 2. The molecule has 0 atom stereocenters. The van der Waals surface area contributed by atoms with Gasteiger partial charge in [-0.3, -0.25) is 5.84 Å². The molecule has 3 nitrogen and oxygen atoms in total. The van der Waals surface area contributed by atoms with Crippen molar-refractivity contribution in [1.29, 1.82) is 0 Å². The number of nitrogens with two attached hydrogens (primary N) is 1. The van der Waals surface area contributed by atoms with Gasteiger partial charge in [-0.1, -0.05) is 11.6 Å². The molecule has 0 bridgehead atoms. The first kappa shape index (κ1) is 13.1. The fraction of sp³-hybridized carbons (Fsp3) is 0. The van der Waals surface area contributed by atoms with E-state index in [4.69, 9.17) is 17.4 Å². The molecule has 0 spiro atoms. The summed E-state index contributed by atoms with van der Waals surface area (Å²) in [6.07, 6.45) is 0. The smallest absolute Gasteiger partial charge is 0.0486 e. The fourth-order valence-electron chi connectivity index (χ4n) is 0.546. The van der Waals surface area contributed by atoms with Gasteiger partial charge in [0.1, 0.15) is 0 Å². The van der Waals surface area contributed by atoms with E-state index in [1.54, 1.807) is 12.1 Å². The predicted octanol–water partition coefficient (Wildman–Crippen LogP) is 1.22. The van der Waals surface area contributed by atoms with Gasteiger partial charge >= 0.3 is 0 Å². The Morgan fingerprint density at radius 1 is 1.18 bits per heavy atom. The highest BCUT2D eigenvalue weighted by molar-refractivity contribution is 6.30. The van der Waals surface area contributed by atoms with Crippen LogP contribution in [0, 0.1) is 0 Å². The number of halogens is 2. The first-order chi connectivity index (χ1) is 4.33. The van der Waals surface area contributed by atoms with E-state index in [1.165, 1.54) is 0 Å². The number of rotatable bonds is 1. The van der Waals surface area contributed by atoms with E-state index >= 15 is 0 Å². The van der Waals surface area contributed by atoms with Crippen molar-refractivity contribution < 1.29 is 5.48 Å². The minimum atomic E-state index is 0. The maximum atomic E-state index is 5.60. The maximum absolute atomic E-state index is 5.60. The van der Waals surface area contributed by atoms with Gasteiger partial charge in [-0.2, -0.15) is 0 Å². The van der Waals surface area contributed by atoms with Crippen LogP contribution in [0.1, 0.15) is 0 Å². The quantitative estimate of drug-likeness (QED) is 0.524. The lowest BCUT2D eigenvalue weighted by Crippen LogP contribution is -2.05. The standard InChI is InChI=1S/C6H7ClN2.ClH.H2O/c7-5-1-3-6(9-8)4-2-5;;/h1-4,9H,8H2;1H;1H2. The van der Waals surface area contributed by atoms with Crippen LogP contribution in [0.2, 0.25) is 5.02 Å². The Morgan fingerprint density at radius 3 is 2.00 bits per heavy atom. The van der Waals surface area contributed by atoms with Crippen molar-refractivity contribution in [2.24, 2.45) is 5.84 Å². The number of nitrogen functional groups attached to an aromatic ring is 1. The Morgan fingerprint density at radius 2 is 1.64 bits per heavy atom. The van der Waals surface area contributed by atoms with Crippen LogP contribution in [0.25, 0.3) is 0 Å². The van der Waals surface area contributed by atoms with Gasteiger partial charge in [-0.05, 0) is 24.3 Å². The Kier molecular flexibility index (Phi) is 7.46. The van der Waals surface area contributed by atoms with Gasteiger partial charge in [0.2, 0.25) is 0 Å². The Hall–Kier alpha value is -0.480. The van der Waals surface area contributed by atoms with Crippen molar-refractivity contribution in [2.45, 2.75) is 0 Å². The molecule has 0 saturated heterocycles. The summed E-state index contributed by atoms with van der Waals surface area (Å²) >= 11 is 5.60. The summed E-state index contributed by atoms with van der Waals surface area (Å²) in [5.41, 5.74) is 3.36. The van der Waals surface area contributed by atoms with Crippen LogP contribution in [0.5, 0.6) is 0 Å². The first-order valence-corrected chi connectivity index (χ1v) is 2.93. The molecular weight excluding hydrogens is 187 g/mol. The van der Waals surface area contributed by atoms with Crippen molar-refractivity contribution in [3.05, 3.63) is 29.3 Å². The summed E-state index contributed by atoms with van der Waals surface area (Å²) in [4.78, 5) is 0. The number of anilines is 1. The van der Waals surface area contributed by atoms with Crippen molar-refractivity contribution in [2.75, 3.05) is 5.43 Å². The van der Waals surface area contributed by atoms with E-state index in [1.807, 2.05) is 12.1 Å². The molecule has 1 rings (SSSR count). The number of hydrogen-bond acceptors (Lipinski definition) is 2. The van der Waals surface area contributed by atoms with Gasteiger partial charge in [0, 0.05) is 10.7 Å². The molecular formula is C6H10Cl2N2O. The lowest BCUT2D eigenvalue weighted by molar-refractivity contribution is 0.824. The molecule has 1 aromatic carbocycles. The van der Waals surface area contributed by atoms with Crippen molar-refractivity contribution in [1.82, 2.24) is 0 Å². The second kappa shape index (κ2) is 6.24. The topological polar surface area (TPSA) is 69.5 Å². The van der Waals surface area contributed by atoms with E-state index < -0.39 is 0 Å². The maximum Gasteiger partial charge on any atom is 0.0486 e. The van der Waals surface area contributed by atoms with Gasteiger partial charge in [0.15, 0.2) is 0 Å². The van der Waals surface area contributed by atoms with Crippen LogP contribution in [-0.4, -0.2) is 5.48 Å². The molecule has 0 aromatic heterocycles. The van der Waals surface area contributed by atoms with Crippen LogP contribution in [-0.2, 0) is 0 Å². The second-order valence-electron chi connectivity index (χ2n) is 1.65. The van der Waals surface area contributed by atoms with Crippen LogP contribution in [0.15, 0.2) is 24.3 Å². The fourth-order valence-corrected chi connectivity index (χ4v) is 0.672. The van der Waals surface area contributed by atoms with E-state index in [0.29, 0.717) is 5.02 Å². The van der Waals surface area contributed by atoms with E-state index in [9.17, 15) is 0 Å². The summed E-state index contributed by atoms with van der Waals surface area (Å²) in [5, 5.41) is 0.717. The van der Waals surface area contributed by atoms with E-state index in [2.05, 4.69) is 5.43 Å². The molecule has 64 valence electrons. The molecule has 0 unspecified atom stereocenters. The van der Waals surface area contributed by atoms with Crippen molar-refractivity contribution in [3.63, 3.8) is 0 Å². The third-order valence-corrected chi connectivity index (χ3v) is 1.26.